The molecule has 2 nitrogen and oxygen atoms in total. The summed E-state index contributed by atoms with van der Waals surface area (Å²) in [5, 5.41) is 0.321. The van der Waals surface area contributed by atoms with Crippen molar-refractivity contribution in [1.82, 2.24) is 0 Å². The first-order valence-electron chi connectivity index (χ1n) is 4.10. The fourth-order valence-electron chi connectivity index (χ4n) is 1.18. The number of para-hydroxylation sites is 1. The lowest BCUT2D eigenvalue weighted by Crippen LogP contribution is -2.01. The number of hydrogen-bond acceptors (Lipinski definition) is 2. The van der Waals surface area contributed by atoms with Gasteiger partial charge in [-0.2, -0.15) is 0 Å². The molecule has 0 aromatic heterocycles. The minimum atomic E-state index is -0.950. The summed E-state index contributed by atoms with van der Waals surface area (Å²) in [6.45, 7) is 0.509. The zero-order chi connectivity index (χ0) is 10.6. The van der Waals surface area contributed by atoms with Crippen molar-refractivity contribution < 1.29 is 13.9 Å². The second-order valence-electron chi connectivity index (χ2n) is 2.86. The Balaban J connectivity index is 3.01. The summed E-state index contributed by atoms with van der Waals surface area (Å²) >= 11 is 5.79. The summed E-state index contributed by atoms with van der Waals surface area (Å²) in [6, 6.07) is 4.99. The van der Waals surface area contributed by atoms with Crippen LogP contribution in [0.4, 0.5) is 4.39 Å². The first-order valence-corrected chi connectivity index (χ1v) is 4.48. The Morgan fingerprint density at radius 3 is 2.86 bits per heavy atom. The number of carbonyl (C=O) groups excluding carboxylic acids is 1. The largest absolute Gasteiger partial charge is 0.461 e. The normalized spacial score (nSPS) is 9.93. The molecular weight excluding hydrogens is 207 g/mol. The van der Waals surface area contributed by atoms with Crippen molar-refractivity contribution in [3.05, 3.63) is 28.8 Å². The van der Waals surface area contributed by atoms with Gasteiger partial charge < -0.3 is 4.74 Å². The summed E-state index contributed by atoms with van der Waals surface area (Å²) in [5.41, 5.74) is 0.614. The van der Waals surface area contributed by atoms with Gasteiger partial charge in [0, 0.05) is 12.0 Å². The van der Waals surface area contributed by atoms with Crippen LogP contribution < -0.4 is 4.74 Å². The van der Waals surface area contributed by atoms with E-state index < -0.39 is 6.86 Å². The molecule has 0 saturated heterocycles. The lowest BCUT2D eigenvalue weighted by molar-refractivity contribution is -0.116. The molecule has 0 atom stereocenters. The summed E-state index contributed by atoms with van der Waals surface area (Å²) < 4.78 is 16.7. The zero-order valence-electron chi connectivity index (χ0n) is 7.72. The highest BCUT2D eigenvalue weighted by atomic mass is 35.5. The van der Waals surface area contributed by atoms with Crippen LogP contribution in [0.15, 0.2) is 18.2 Å². The average Bonchev–Trinajstić information content (AvgIpc) is 2.10. The number of ether oxygens (including phenoxy) is 1. The van der Waals surface area contributed by atoms with Crippen LogP contribution in [0.25, 0.3) is 0 Å². The Morgan fingerprint density at radius 2 is 2.29 bits per heavy atom. The van der Waals surface area contributed by atoms with Crippen LogP contribution in [0.3, 0.4) is 0 Å². The maximum atomic E-state index is 12.0. The average molecular weight is 217 g/mol. The molecule has 1 aromatic rings. The lowest BCUT2D eigenvalue weighted by atomic mass is 10.1. The SMILES string of the molecule is CC(=O)Cc1cccc(Cl)c1OCF. The second kappa shape index (κ2) is 4.96. The van der Waals surface area contributed by atoms with Gasteiger partial charge in [-0.3, -0.25) is 4.79 Å². The molecule has 4 heteroatoms. The van der Waals surface area contributed by atoms with Crippen molar-refractivity contribution in [3.8, 4) is 5.75 Å². The molecule has 0 amide bonds. The number of rotatable bonds is 4. The summed E-state index contributed by atoms with van der Waals surface area (Å²) in [4.78, 5) is 10.9. The third-order valence-electron chi connectivity index (χ3n) is 1.69. The number of Topliss-reactive ketones (excluding diaryl/α,β-unsaturated/α-hetero) is 1. The van der Waals surface area contributed by atoms with Crippen molar-refractivity contribution >= 4 is 17.4 Å². The van der Waals surface area contributed by atoms with E-state index in [1.807, 2.05) is 0 Å². The van der Waals surface area contributed by atoms with Crippen LogP contribution in [0.2, 0.25) is 5.02 Å². The summed E-state index contributed by atoms with van der Waals surface area (Å²) in [6.07, 6.45) is 0.204. The van der Waals surface area contributed by atoms with Crippen LogP contribution in [0.5, 0.6) is 5.75 Å². The minimum absolute atomic E-state index is 0.0176. The number of ketones is 1. The number of hydrogen-bond donors (Lipinski definition) is 0. The Kier molecular flexibility index (Phi) is 3.89. The zero-order valence-corrected chi connectivity index (χ0v) is 8.47. The first-order chi connectivity index (χ1) is 6.65. The third kappa shape index (κ3) is 2.70. The van der Waals surface area contributed by atoms with Crippen LogP contribution in [-0.2, 0) is 11.2 Å². The molecule has 0 aliphatic rings. The second-order valence-corrected chi connectivity index (χ2v) is 3.27. The van der Waals surface area contributed by atoms with Gasteiger partial charge in [-0.15, -0.1) is 0 Å². The van der Waals surface area contributed by atoms with E-state index in [1.165, 1.54) is 6.92 Å². The van der Waals surface area contributed by atoms with Crippen molar-refractivity contribution in [1.29, 1.82) is 0 Å². The molecule has 0 radical (unpaired) electrons. The maximum Gasteiger partial charge on any atom is 0.228 e. The molecule has 0 N–H and O–H groups in total. The standard InChI is InChI=1S/C10H10ClFO2/c1-7(13)5-8-3-2-4-9(11)10(8)14-6-12/h2-4H,5-6H2,1H3. The Hall–Kier alpha value is -1.09. The number of carbonyl (C=O) groups is 1. The minimum Gasteiger partial charge on any atom is -0.461 e. The molecule has 1 rings (SSSR count). The quantitative estimate of drug-likeness (QED) is 0.774. The van der Waals surface area contributed by atoms with Crippen LogP contribution >= 0.6 is 11.6 Å². The molecule has 0 saturated carbocycles. The molecule has 1 aromatic carbocycles. The fourth-order valence-corrected chi connectivity index (χ4v) is 1.43. The van der Waals surface area contributed by atoms with Crippen LogP contribution in [-0.4, -0.2) is 12.6 Å². The molecular formula is C10H10ClFO2. The van der Waals surface area contributed by atoms with E-state index >= 15 is 0 Å². The van der Waals surface area contributed by atoms with Gasteiger partial charge in [-0.25, -0.2) is 4.39 Å². The first kappa shape index (κ1) is 11.0. The molecule has 0 aliphatic heterocycles. The maximum absolute atomic E-state index is 12.0. The van der Waals surface area contributed by atoms with Gasteiger partial charge in [0.25, 0.3) is 0 Å². The van der Waals surface area contributed by atoms with E-state index in [-0.39, 0.29) is 18.0 Å². The smallest absolute Gasteiger partial charge is 0.228 e. The Bertz CT molecular complexity index is 339. The molecule has 0 bridgehead atoms. The van der Waals surface area contributed by atoms with Crippen LogP contribution in [0.1, 0.15) is 12.5 Å². The Labute approximate surface area is 86.6 Å². The molecule has 76 valence electrons. The monoisotopic (exact) mass is 216 g/mol. The highest BCUT2D eigenvalue weighted by Gasteiger charge is 2.09. The molecule has 0 heterocycles. The van der Waals surface area contributed by atoms with Gasteiger partial charge in [0.1, 0.15) is 11.5 Å². The molecule has 0 fully saturated rings. The summed E-state index contributed by atoms with van der Waals surface area (Å²) in [7, 11) is 0. The highest BCUT2D eigenvalue weighted by Crippen LogP contribution is 2.29. The lowest BCUT2D eigenvalue weighted by Gasteiger charge is -2.08. The highest BCUT2D eigenvalue weighted by molar-refractivity contribution is 6.32. The Morgan fingerprint density at radius 1 is 1.57 bits per heavy atom. The van der Waals surface area contributed by atoms with Crippen molar-refractivity contribution in [3.63, 3.8) is 0 Å². The van der Waals surface area contributed by atoms with Crippen molar-refractivity contribution in [2.45, 2.75) is 13.3 Å². The van der Waals surface area contributed by atoms with E-state index in [9.17, 15) is 9.18 Å². The number of halogens is 2. The van der Waals surface area contributed by atoms with Gasteiger partial charge in [0.05, 0.1) is 5.02 Å². The topological polar surface area (TPSA) is 26.3 Å². The molecule has 0 unspecified atom stereocenters. The van der Waals surface area contributed by atoms with Gasteiger partial charge in [0.15, 0.2) is 0 Å². The fraction of sp³-hybridized carbons (Fsp3) is 0.300. The van der Waals surface area contributed by atoms with Gasteiger partial charge in [-0.05, 0) is 13.0 Å². The number of benzene rings is 1. The van der Waals surface area contributed by atoms with Crippen LogP contribution in [0, 0.1) is 0 Å². The third-order valence-corrected chi connectivity index (χ3v) is 1.98. The van der Waals surface area contributed by atoms with E-state index in [0.29, 0.717) is 10.6 Å². The van der Waals surface area contributed by atoms with E-state index in [4.69, 9.17) is 16.3 Å². The van der Waals surface area contributed by atoms with Gasteiger partial charge in [0.2, 0.25) is 6.86 Å². The van der Waals surface area contributed by atoms with Gasteiger partial charge in [-0.1, -0.05) is 23.7 Å². The van der Waals surface area contributed by atoms with Crippen molar-refractivity contribution in [2.75, 3.05) is 6.86 Å². The van der Waals surface area contributed by atoms with E-state index in [1.54, 1.807) is 18.2 Å². The molecule has 14 heavy (non-hydrogen) atoms. The van der Waals surface area contributed by atoms with Gasteiger partial charge >= 0.3 is 0 Å². The van der Waals surface area contributed by atoms with Crippen molar-refractivity contribution in [2.24, 2.45) is 0 Å². The number of alkyl halides is 1. The molecule has 0 aliphatic carbocycles. The predicted molar refractivity (Wildman–Crippen MR) is 52.4 cm³/mol. The predicted octanol–water partition coefficient (Wildman–Crippen LogP) is 2.78. The summed E-state index contributed by atoms with van der Waals surface area (Å²) in [5.74, 6) is 0.239. The molecule has 0 spiro atoms. The van der Waals surface area contributed by atoms with E-state index in [0.717, 1.165) is 0 Å². The van der Waals surface area contributed by atoms with E-state index in [2.05, 4.69) is 0 Å².